The van der Waals surface area contributed by atoms with Gasteiger partial charge < -0.3 is 14.8 Å². The van der Waals surface area contributed by atoms with Crippen molar-refractivity contribution in [3.63, 3.8) is 0 Å². The normalized spacial score (nSPS) is 39.0. The number of ether oxygens (including phenoxy) is 2. The van der Waals surface area contributed by atoms with Gasteiger partial charge in [0.1, 0.15) is 6.10 Å². The second-order valence-corrected chi connectivity index (χ2v) is 3.75. The molecule has 1 N–H and O–H groups in total. The Morgan fingerprint density at radius 3 is 2.67 bits per heavy atom. The number of β-lactam (4-membered cyclic amide) rings is 1. The maximum atomic E-state index is 10.6. The molecule has 0 aliphatic carbocycles. The van der Waals surface area contributed by atoms with Gasteiger partial charge in [0.25, 0.3) is 0 Å². The van der Waals surface area contributed by atoms with Gasteiger partial charge in [-0.25, -0.2) is 0 Å². The summed E-state index contributed by atoms with van der Waals surface area (Å²) < 4.78 is 10.9. The van der Waals surface area contributed by atoms with Gasteiger partial charge in [-0.1, -0.05) is 0 Å². The lowest BCUT2D eigenvalue weighted by Gasteiger charge is -2.31. The van der Waals surface area contributed by atoms with Gasteiger partial charge in [0, 0.05) is 6.42 Å². The molecular weight excluding hydrogens is 158 g/mol. The third-order valence-corrected chi connectivity index (χ3v) is 2.23. The Hall–Kier alpha value is -0.610. The average Bonchev–Trinajstić information content (AvgIpc) is 2.23. The molecule has 0 aromatic heterocycles. The van der Waals surface area contributed by atoms with Gasteiger partial charge in [0.15, 0.2) is 5.79 Å². The number of carbonyl (C=O) groups excluding carboxylic acids is 1. The highest BCUT2D eigenvalue weighted by molar-refractivity contribution is 5.83. The third kappa shape index (κ3) is 1.32. The van der Waals surface area contributed by atoms with Gasteiger partial charge in [-0.15, -0.1) is 0 Å². The third-order valence-electron chi connectivity index (χ3n) is 2.23. The lowest BCUT2D eigenvalue weighted by Crippen LogP contribution is -2.56. The molecule has 0 bridgehead atoms. The Labute approximate surface area is 71.2 Å². The second-order valence-electron chi connectivity index (χ2n) is 3.75. The Bertz CT molecular complexity index is 206. The summed E-state index contributed by atoms with van der Waals surface area (Å²) >= 11 is 0. The van der Waals surface area contributed by atoms with E-state index < -0.39 is 5.79 Å². The maximum absolute atomic E-state index is 10.6. The molecule has 68 valence electrons. The molecule has 0 spiro atoms. The summed E-state index contributed by atoms with van der Waals surface area (Å²) in [5, 5.41) is 2.78. The summed E-state index contributed by atoms with van der Waals surface area (Å²) in [6.45, 7) is 4.35. The largest absolute Gasteiger partial charge is 0.350 e. The van der Waals surface area contributed by atoms with Crippen LogP contribution in [0.25, 0.3) is 0 Å². The van der Waals surface area contributed by atoms with Gasteiger partial charge in [-0.05, 0) is 13.8 Å². The molecule has 4 nitrogen and oxygen atoms in total. The summed E-state index contributed by atoms with van der Waals surface area (Å²) in [6.07, 6.45) is 0.613. The molecule has 12 heavy (non-hydrogen) atoms. The average molecular weight is 171 g/mol. The predicted molar refractivity (Wildman–Crippen MR) is 41.5 cm³/mol. The smallest absolute Gasteiger partial charge is 0.222 e. The fraction of sp³-hybridized carbons (Fsp3) is 0.875. The van der Waals surface area contributed by atoms with E-state index in [1.807, 2.05) is 13.8 Å². The van der Waals surface area contributed by atoms with Gasteiger partial charge in [-0.2, -0.15) is 0 Å². The Morgan fingerprint density at radius 2 is 2.25 bits per heavy atom. The fourth-order valence-corrected chi connectivity index (χ4v) is 1.52. The Balaban J connectivity index is 1.88. The molecular formula is C8H13NO3. The first-order chi connectivity index (χ1) is 5.57. The molecule has 0 saturated carbocycles. The quantitative estimate of drug-likeness (QED) is 0.566. The zero-order valence-corrected chi connectivity index (χ0v) is 7.29. The molecule has 2 atom stereocenters. The van der Waals surface area contributed by atoms with Crippen molar-refractivity contribution in [2.45, 2.75) is 38.2 Å². The van der Waals surface area contributed by atoms with Crippen molar-refractivity contribution in [3.8, 4) is 0 Å². The van der Waals surface area contributed by atoms with E-state index in [2.05, 4.69) is 5.32 Å². The molecule has 2 heterocycles. The van der Waals surface area contributed by atoms with Crippen molar-refractivity contribution >= 4 is 5.91 Å². The van der Waals surface area contributed by atoms with Crippen LogP contribution in [0, 0.1) is 0 Å². The van der Waals surface area contributed by atoms with Crippen LogP contribution in [0.1, 0.15) is 20.3 Å². The molecule has 2 rings (SSSR count). The molecule has 2 unspecified atom stereocenters. The number of rotatable bonds is 1. The molecule has 2 fully saturated rings. The SMILES string of the molecule is CC1(C)OCC(C2CC(=O)N2)O1. The van der Waals surface area contributed by atoms with Crippen molar-refractivity contribution < 1.29 is 14.3 Å². The van der Waals surface area contributed by atoms with Crippen molar-refractivity contribution in [1.82, 2.24) is 5.32 Å². The highest BCUT2D eigenvalue weighted by Gasteiger charge is 2.42. The van der Waals surface area contributed by atoms with Crippen molar-refractivity contribution in [1.29, 1.82) is 0 Å². The first kappa shape index (κ1) is 8.01. The standard InChI is InChI=1S/C8H13NO3/c1-8(2)11-4-6(12-8)5-3-7(10)9-5/h5-6H,3-4H2,1-2H3,(H,9,10). The molecule has 0 aromatic carbocycles. The molecule has 2 aliphatic heterocycles. The first-order valence-electron chi connectivity index (χ1n) is 4.18. The fourth-order valence-electron chi connectivity index (χ4n) is 1.52. The van der Waals surface area contributed by atoms with Gasteiger partial charge >= 0.3 is 0 Å². The molecule has 4 heteroatoms. The summed E-state index contributed by atoms with van der Waals surface area (Å²) in [6, 6.07) is 0.166. The molecule has 2 aliphatic rings. The van der Waals surface area contributed by atoms with Crippen LogP contribution >= 0.6 is 0 Å². The van der Waals surface area contributed by atoms with Gasteiger partial charge in [-0.3, -0.25) is 4.79 Å². The van der Waals surface area contributed by atoms with Gasteiger partial charge in [0.05, 0.1) is 12.6 Å². The van der Waals surface area contributed by atoms with E-state index in [9.17, 15) is 4.79 Å². The molecule has 1 amide bonds. The van der Waals surface area contributed by atoms with Crippen LogP contribution in [0.3, 0.4) is 0 Å². The second kappa shape index (κ2) is 2.44. The van der Waals surface area contributed by atoms with Crippen LogP contribution in [0.15, 0.2) is 0 Å². The number of hydrogen-bond donors (Lipinski definition) is 1. The highest BCUT2D eigenvalue weighted by Crippen LogP contribution is 2.27. The number of hydrogen-bond acceptors (Lipinski definition) is 3. The molecule has 0 aromatic rings. The number of nitrogens with one attached hydrogen (secondary N) is 1. The summed E-state index contributed by atoms with van der Waals surface area (Å²) in [4.78, 5) is 10.6. The first-order valence-corrected chi connectivity index (χ1v) is 4.18. The van der Waals surface area contributed by atoms with Crippen LogP contribution in [0.2, 0.25) is 0 Å². The topological polar surface area (TPSA) is 47.6 Å². The monoisotopic (exact) mass is 171 g/mol. The molecule has 2 saturated heterocycles. The zero-order chi connectivity index (χ0) is 8.77. The van der Waals surface area contributed by atoms with E-state index in [1.165, 1.54) is 0 Å². The van der Waals surface area contributed by atoms with Crippen LogP contribution in [0.4, 0.5) is 0 Å². The summed E-state index contributed by atoms with van der Waals surface area (Å²) in [5.41, 5.74) is 0. The Kier molecular flexibility index (Phi) is 1.63. The van der Waals surface area contributed by atoms with Crippen LogP contribution in [-0.4, -0.2) is 30.4 Å². The lowest BCUT2D eigenvalue weighted by atomic mass is 10.0. The van der Waals surface area contributed by atoms with Crippen molar-refractivity contribution in [2.75, 3.05) is 6.61 Å². The predicted octanol–water partition coefficient (Wildman–Crippen LogP) is 0.0264. The lowest BCUT2D eigenvalue weighted by molar-refractivity contribution is -0.150. The summed E-state index contributed by atoms with van der Waals surface area (Å²) in [7, 11) is 0. The highest BCUT2D eigenvalue weighted by atomic mass is 16.7. The molecule has 0 radical (unpaired) electrons. The minimum Gasteiger partial charge on any atom is -0.350 e. The number of carbonyl (C=O) groups is 1. The van der Waals surface area contributed by atoms with E-state index in [4.69, 9.17) is 9.47 Å². The summed E-state index contributed by atoms with van der Waals surface area (Å²) in [5.74, 6) is -0.376. The minimum atomic E-state index is -0.481. The van der Waals surface area contributed by atoms with Gasteiger partial charge in [0.2, 0.25) is 5.91 Å². The van der Waals surface area contributed by atoms with Crippen LogP contribution < -0.4 is 5.32 Å². The number of amides is 1. The Morgan fingerprint density at radius 1 is 1.58 bits per heavy atom. The van der Waals surface area contributed by atoms with E-state index in [0.717, 1.165) is 0 Å². The van der Waals surface area contributed by atoms with E-state index in [0.29, 0.717) is 13.0 Å². The van der Waals surface area contributed by atoms with Crippen molar-refractivity contribution in [3.05, 3.63) is 0 Å². The zero-order valence-electron chi connectivity index (χ0n) is 7.29. The van der Waals surface area contributed by atoms with E-state index in [-0.39, 0.29) is 18.1 Å². The minimum absolute atomic E-state index is 0.0395. The maximum Gasteiger partial charge on any atom is 0.222 e. The van der Waals surface area contributed by atoms with Crippen LogP contribution in [-0.2, 0) is 14.3 Å². The van der Waals surface area contributed by atoms with Crippen LogP contribution in [0.5, 0.6) is 0 Å². The van der Waals surface area contributed by atoms with Crippen molar-refractivity contribution in [2.24, 2.45) is 0 Å². The van der Waals surface area contributed by atoms with E-state index in [1.54, 1.807) is 0 Å². The van der Waals surface area contributed by atoms with E-state index >= 15 is 0 Å².